The number of hydrogen-bond donors (Lipinski definition) is 3. The normalized spacial score (nSPS) is 13.6. The molecule has 0 aliphatic carbocycles. The molecular formula is C18H24N2O4S2. The third-order valence-corrected chi connectivity index (χ3v) is 5.73. The molecule has 26 heavy (non-hydrogen) atoms. The van der Waals surface area contributed by atoms with Crippen LogP contribution in [0.5, 0.6) is 11.5 Å². The molecule has 6 nitrogen and oxygen atoms in total. The summed E-state index contributed by atoms with van der Waals surface area (Å²) >= 11 is 6.21. The summed E-state index contributed by atoms with van der Waals surface area (Å²) in [7, 11) is 3.14. The second-order valence-corrected chi connectivity index (χ2v) is 8.73. The van der Waals surface area contributed by atoms with E-state index in [2.05, 4.69) is 9.97 Å². The molecule has 0 spiro atoms. The molecule has 0 bridgehead atoms. The topological polar surface area (TPSA) is 84.7 Å². The molecule has 0 radical (unpaired) electrons. The van der Waals surface area contributed by atoms with Gasteiger partial charge in [-0.1, -0.05) is 0 Å². The fourth-order valence-electron chi connectivity index (χ4n) is 2.61. The van der Waals surface area contributed by atoms with Crippen molar-refractivity contribution in [3.05, 3.63) is 40.5 Å². The molecule has 0 saturated carbocycles. The Labute approximate surface area is 163 Å². The number of nitrogens with zero attached hydrogens (tertiary/aromatic N) is 2. The molecule has 0 fully saturated rings. The van der Waals surface area contributed by atoms with Gasteiger partial charge in [0.15, 0.2) is 0 Å². The Balaban J connectivity index is 2.50. The summed E-state index contributed by atoms with van der Waals surface area (Å²) in [4.78, 5) is 9.25. The molecule has 0 unspecified atom stereocenters. The van der Waals surface area contributed by atoms with Crippen LogP contribution in [-0.2, 0) is 26.8 Å². The lowest BCUT2D eigenvalue weighted by atomic mass is 10.1. The maximum Gasteiger partial charge on any atom is 0.143 e. The largest absolute Gasteiger partial charge is 0.506 e. The Morgan fingerprint density at radius 3 is 2.08 bits per heavy atom. The molecule has 8 heteroatoms. The number of aryl methyl sites for hydroxylation is 2. The lowest BCUT2D eigenvalue weighted by molar-refractivity contribution is 0.179. The van der Waals surface area contributed by atoms with Gasteiger partial charge in [-0.15, -0.1) is 11.8 Å². The molecular weight excluding hydrogens is 372 g/mol. The highest BCUT2D eigenvalue weighted by Crippen LogP contribution is 2.49. The van der Waals surface area contributed by atoms with Gasteiger partial charge < -0.3 is 19.7 Å². The Morgan fingerprint density at radius 2 is 1.50 bits per heavy atom. The van der Waals surface area contributed by atoms with Crippen LogP contribution < -0.4 is 0 Å². The van der Waals surface area contributed by atoms with E-state index in [1.165, 1.54) is 11.8 Å². The van der Waals surface area contributed by atoms with E-state index >= 15 is 0 Å². The maximum atomic E-state index is 10.4. The molecule has 0 saturated heterocycles. The smallest absolute Gasteiger partial charge is 0.143 e. The first-order chi connectivity index (χ1) is 12.2. The van der Waals surface area contributed by atoms with Crippen molar-refractivity contribution in [1.82, 2.24) is 9.97 Å². The molecule has 1 atom stereocenters. The first-order valence-electron chi connectivity index (χ1n) is 7.97. The van der Waals surface area contributed by atoms with Crippen molar-refractivity contribution in [2.24, 2.45) is 0 Å². The van der Waals surface area contributed by atoms with Crippen molar-refractivity contribution in [1.29, 1.82) is 0 Å². The van der Waals surface area contributed by atoms with Crippen molar-refractivity contribution in [3.8, 4) is 11.5 Å². The number of aromatic hydroxyl groups is 2. The van der Waals surface area contributed by atoms with E-state index in [0.29, 0.717) is 22.5 Å². The Hall–Kier alpha value is -1.48. The molecule has 0 aliphatic rings. The number of rotatable bonds is 7. The van der Waals surface area contributed by atoms with E-state index in [4.69, 9.17) is 22.1 Å². The van der Waals surface area contributed by atoms with Gasteiger partial charge in [0.1, 0.15) is 11.5 Å². The first kappa shape index (κ1) is 20.8. The summed E-state index contributed by atoms with van der Waals surface area (Å²) < 4.78 is 9.71. The summed E-state index contributed by atoms with van der Waals surface area (Å²) in [5, 5.41) is 20.7. The number of thioether (sulfide) groups is 1. The summed E-state index contributed by atoms with van der Waals surface area (Å²) in [6.45, 7) is 5.87. The molecule has 2 rings (SSSR count). The van der Waals surface area contributed by atoms with Gasteiger partial charge >= 0.3 is 0 Å². The highest BCUT2D eigenvalue weighted by atomic mass is 32.2. The second kappa shape index (κ2) is 8.47. The van der Waals surface area contributed by atoms with Crippen molar-refractivity contribution >= 4 is 24.4 Å². The van der Waals surface area contributed by atoms with Crippen LogP contribution in [-0.4, -0.2) is 34.4 Å². The molecule has 142 valence electrons. The van der Waals surface area contributed by atoms with E-state index < -0.39 is 4.08 Å². The Kier molecular flexibility index (Phi) is 6.79. The van der Waals surface area contributed by atoms with Gasteiger partial charge in [-0.05, 0) is 20.8 Å². The van der Waals surface area contributed by atoms with Crippen LogP contribution in [0.2, 0.25) is 0 Å². The summed E-state index contributed by atoms with van der Waals surface area (Å²) in [6.07, 6.45) is 3.39. The van der Waals surface area contributed by atoms with E-state index in [0.717, 1.165) is 10.5 Å². The van der Waals surface area contributed by atoms with E-state index in [-0.39, 0.29) is 24.7 Å². The minimum absolute atomic E-state index is 0.104. The lowest BCUT2D eigenvalue weighted by Gasteiger charge is -2.27. The molecule has 0 aromatic carbocycles. The quantitative estimate of drug-likeness (QED) is 0.374. The predicted molar refractivity (Wildman–Crippen MR) is 105 cm³/mol. The average Bonchev–Trinajstić information content (AvgIpc) is 2.58. The molecule has 2 aromatic rings. The van der Waals surface area contributed by atoms with Gasteiger partial charge in [0.25, 0.3) is 0 Å². The Bertz CT molecular complexity index is 797. The van der Waals surface area contributed by atoms with Crippen LogP contribution in [0.1, 0.15) is 35.0 Å². The monoisotopic (exact) mass is 396 g/mol. The molecule has 2 aromatic heterocycles. The van der Waals surface area contributed by atoms with E-state index in [1.54, 1.807) is 40.5 Å². The second-order valence-electron chi connectivity index (χ2n) is 6.07. The third kappa shape index (κ3) is 4.25. The summed E-state index contributed by atoms with van der Waals surface area (Å²) in [5.74, 6) is 0.218. The van der Waals surface area contributed by atoms with E-state index in [1.807, 2.05) is 6.92 Å². The predicted octanol–water partition coefficient (Wildman–Crippen LogP) is 3.69. The number of thiol groups is 1. The standard InChI is InChI=1S/C18H24N2O4S2/c1-10-16(21)12(8-23-4)14(6-19-10)18(3,25)26-15-7-20-11(2)17(22)13(15)9-24-5/h6-7,21-22,25H,8-9H2,1-5H3/t18-/m1/s1. The van der Waals surface area contributed by atoms with Crippen LogP contribution in [0.15, 0.2) is 17.3 Å². The van der Waals surface area contributed by atoms with Crippen LogP contribution in [0.3, 0.4) is 0 Å². The number of aromatic nitrogens is 2. The van der Waals surface area contributed by atoms with Crippen molar-refractivity contribution in [3.63, 3.8) is 0 Å². The number of hydrogen-bond acceptors (Lipinski definition) is 8. The zero-order chi connectivity index (χ0) is 19.5. The fraction of sp³-hybridized carbons (Fsp3) is 0.444. The lowest BCUT2D eigenvalue weighted by Crippen LogP contribution is -2.15. The van der Waals surface area contributed by atoms with Gasteiger partial charge in [-0.25, -0.2) is 0 Å². The SMILES string of the molecule is COCc1c(S[C@@](C)(S)c2cnc(C)c(O)c2COC)cnc(C)c1O. The van der Waals surface area contributed by atoms with Crippen LogP contribution in [0, 0.1) is 13.8 Å². The van der Waals surface area contributed by atoms with Crippen molar-refractivity contribution < 1.29 is 19.7 Å². The number of pyridine rings is 2. The van der Waals surface area contributed by atoms with Crippen molar-refractivity contribution in [2.75, 3.05) is 14.2 Å². The van der Waals surface area contributed by atoms with Gasteiger partial charge in [0, 0.05) is 48.2 Å². The zero-order valence-electron chi connectivity index (χ0n) is 15.5. The minimum atomic E-state index is -0.752. The molecule has 0 aliphatic heterocycles. The minimum Gasteiger partial charge on any atom is -0.506 e. The van der Waals surface area contributed by atoms with Crippen LogP contribution >= 0.6 is 24.4 Å². The van der Waals surface area contributed by atoms with Crippen LogP contribution in [0.4, 0.5) is 0 Å². The summed E-state index contributed by atoms with van der Waals surface area (Å²) in [6, 6.07) is 0. The van der Waals surface area contributed by atoms with Gasteiger partial charge in [0.05, 0.1) is 28.7 Å². The van der Waals surface area contributed by atoms with E-state index in [9.17, 15) is 10.2 Å². The number of methoxy groups -OCH3 is 2. The highest BCUT2D eigenvalue weighted by Gasteiger charge is 2.30. The Morgan fingerprint density at radius 1 is 1.00 bits per heavy atom. The maximum absolute atomic E-state index is 10.4. The fourth-order valence-corrected chi connectivity index (χ4v) is 4.19. The third-order valence-electron chi connectivity index (χ3n) is 4.03. The summed E-state index contributed by atoms with van der Waals surface area (Å²) in [5.41, 5.74) is 3.10. The molecule has 2 heterocycles. The molecule has 0 amide bonds. The van der Waals surface area contributed by atoms with Crippen molar-refractivity contribution in [2.45, 2.75) is 43.0 Å². The highest BCUT2D eigenvalue weighted by molar-refractivity contribution is 8.10. The first-order valence-corrected chi connectivity index (χ1v) is 9.23. The van der Waals surface area contributed by atoms with Crippen LogP contribution in [0.25, 0.3) is 0 Å². The zero-order valence-corrected chi connectivity index (χ0v) is 17.2. The van der Waals surface area contributed by atoms with Gasteiger partial charge in [0.2, 0.25) is 0 Å². The van der Waals surface area contributed by atoms with Gasteiger partial charge in [-0.3, -0.25) is 9.97 Å². The average molecular weight is 397 g/mol. The van der Waals surface area contributed by atoms with Gasteiger partial charge in [-0.2, -0.15) is 12.6 Å². The number of ether oxygens (including phenoxy) is 2. The molecule has 2 N–H and O–H groups in total.